The van der Waals surface area contributed by atoms with E-state index < -0.39 is 0 Å². The summed E-state index contributed by atoms with van der Waals surface area (Å²) in [7, 11) is 1.58. The minimum Gasteiger partial charge on any atom is -0.496 e. The van der Waals surface area contributed by atoms with Gasteiger partial charge in [0.1, 0.15) is 11.3 Å². The Hall–Kier alpha value is -2.60. The monoisotopic (exact) mass is 328 g/mol. The number of aromatic nitrogens is 1. The Kier molecular flexibility index (Phi) is 4.43. The Balaban J connectivity index is 1.90. The lowest BCUT2D eigenvalue weighted by molar-refractivity contribution is 0.0951. The summed E-state index contributed by atoms with van der Waals surface area (Å²) in [5, 5.41) is 8.83. The van der Waals surface area contributed by atoms with Gasteiger partial charge in [-0.1, -0.05) is 23.4 Å². The average Bonchev–Trinajstić information content (AvgIpc) is 3.22. The molecule has 2 aromatic heterocycles. The lowest BCUT2D eigenvalue weighted by atomic mass is 10.1. The van der Waals surface area contributed by atoms with Crippen molar-refractivity contribution in [3.05, 3.63) is 57.9 Å². The number of hydrogen-bond donors (Lipinski definition) is 1. The highest BCUT2D eigenvalue weighted by atomic mass is 32.1. The molecule has 1 N–H and O–H groups in total. The van der Waals surface area contributed by atoms with Crippen LogP contribution in [0.2, 0.25) is 0 Å². The number of benzene rings is 1. The van der Waals surface area contributed by atoms with Gasteiger partial charge in [0, 0.05) is 4.88 Å². The maximum Gasteiger partial charge on any atom is 0.257 e. The predicted octanol–water partition coefficient (Wildman–Crippen LogP) is 3.65. The number of rotatable bonds is 5. The smallest absolute Gasteiger partial charge is 0.257 e. The molecule has 0 aliphatic rings. The summed E-state index contributed by atoms with van der Waals surface area (Å²) in [5.74, 6) is 0.845. The second kappa shape index (κ2) is 6.66. The average molecular weight is 328 g/mol. The van der Waals surface area contributed by atoms with E-state index in [1.54, 1.807) is 25.4 Å². The highest BCUT2D eigenvalue weighted by Gasteiger charge is 2.23. The van der Waals surface area contributed by atoms with E-state index in [0.29, 0.717) is 34.9 Å². The molecule has 118 valence electrons. The van der Waals surface area contributed by atoms with E-state index in [1.807, 2.05) is 41.8 Å². The number of carbonyl (C=O) groups excluding carboxylic acids is 1. The fourth-order valence-electron chi connectivity index (χ4n) is 2.32. The largest absolute Gasteiger partial charge is 0.496 e. The number of hydrogen-bond acceptors (Lipinski definition) is 5. The van der Waals surface area contributed by atoms with Gasteiger partial charge in [0.25, 0.3) is 5.91 Å². The predicted molar refractivity (Wildman–Crippen MR) is 88.7 cm³/mol. The molecular weight excluding hydrogens is 312 g/mol. The number of ether oxygens (including phenoxy) is 1. The molecule has 0 atom stereocenters. The van der Waals surface area contributed by atoms with E-state index in [9.17, 15) is 4.79 Å². The first kappa shape index (κ1) is 15.3. The normalized spacial score (nSPS) is 10.5. The minimum atomic E-state index is -0.210. The lowest BCUT2D eigenvalue weighted by Gasteiger charge is -2.08. The lowest BCUT2D eigenvalue weighted by Crippen LogP contribution is -2.23. The topological polar surface area (TPSA) is 64.4 Å². The summed E-state index contributed by atoms with van der Waals surface area (Å²) in [6.07, 6.45) is 0. The summed E-state index contributed by atoms with van der Waals surface area (Å²) in [4.78, 5) is 13.7. The first-order chi connectivity index (χ1) is 11.2. The summed E-state index contributed by atoms with van der Waals surface area (Å²) in [6.45, 7) is 2.23. The Morgan fingerprint density at radius 3 is 2.87 bits per heavy atom. The van der Waals surface area contributed by atoms with Gasteiger partial charge in [-0.2, -0.15) is 0 Å². The van der Waals surface area contributed by atoms with Crippen LogP contribution in [0.15, 0.2) is 46.3 Å². The minimum absolute atomic E-state index is 0.210. The molecule has 0 bridgehead atoms. The number of aryl methyl sites for hydroxylation is 1. The fraction of sp³-hybridized carbons (Fsp3) is 0.176. The van der Waals surface area contributed by atoms with Gasteiger partial charge >= 0.3 is 0 Å². The van der Waals surface area contributed by atoms with Crippen molar-refractivity contribution < 1.29 is 14.1 Å². The third kappa shape index (κ3) is 3.12. The third-order valence-electron chi connectivity index (χ3n) is 3.44. The molecule has 2 heterocycles. The molecule has 1 amide bonds. The molecule has 6 heteroatoms. The molecule has 0 saturated heterocycles. The van der Waals surface area contributed by atoms with Crippen molar-refractivity contribution in [3.63, 3.8) is 0 Å². The van der Waals surface area contributed by atoms with Crippen molar-refractivity contribution >= 4 is 17.2 Å². The van der Waals surface area contributed by atoms with Crippen LogP contribution < -0.4 is 10.1 Å². The van der Waals surface area contributed by atoms with Gasteiger partial charge in [0.15, 0.2) is 5.76 Å². The van der Waals surface area contributed by atoms with Crippen LogP contribution in [0.3, 0.4) is 0 Å². The second-order valence-electron chi connectivity index (χ2n) is 4.93. The van der Waals surface area contributed by atoms with Gasteiger partial charge in [-0.15, -0.1) is 11.3 Å². The SMILES string of the molecule is COc1ccccc1-c1onc(C)c1C(=O)NCc1cccs1. The van der Waals surface area contributed by atoms with E-state index in [0.717, 1.165) is 4.88 Å². The maximum absolute atomic E-state index is 12.6. The molecule has 0 aliphatic carbocycles. The van der Waals surface area contributed by atoms with Crippen molar-refractivity contribution in [2.75, 3.05) is 7.11 Å². The first-order valence-electron chi connectivity index (χ1n) is 7.11. The van der Waals surface area contributed by atoms with Gasteiger partial charge in [-0.25, -0.2) is 0 Å². The van der Waals surface area contributed by atoms with Crippen molar-refractivity contribution in [1.82, 2.24) is 10.5 Å². The van der Waals surface area contributed by atoms with E-state index >= 15 is 0 Å². The molecule has 23 heavy (non-hydrogen) atoms. The molecule has 1 aromatic carbocycles. The molecular formula is C17H16N2O3S. The molecule has 0 fully saturated rings. The Morgan fingerprint density at radius 1 is 1.30 bits per heavy atom. The highest BCUT2D eigenvalue weighted by molar-refractivity contribution is 7.09. The number of carbonyl (C=O) groups is 1. The summed E-state index contributed by atoms with van der Waals surface area (Å²) in [5.41, 5.74) is 1.69. The van der Waals surface area contributed by atoms with E-state index in [1.165, 1.54) is 0 Å². The van der Waals surface area contributed by atoms with Gasteiger partial charge in [0.2, 0.25) is 0 Å². The molecule has 3 aromatic rings. The Labute approximate surface area is 137 Å². The van der Waals surface area contributed by atoms with Crippen LogP contribution in [0.4, 0.5) is 0 Å². The molecule has 3 rings (SSSR count). The first-order valence-corrected chi connectivity index (χ1v) is 7.99. The van der Waals surface area contributed by atoms with Crippen molar-refractivity contribution in [3.8, 4) is 17.1 Å². The number of methoxy groups -OCH3 is 1. The molecule has 0 unspecified atom stereocenters. The van der Waals surface area contributed by atoms with Crippen molar-refractivity contribution in [1.29, 1.82) is 0 Å². The second-order valence-corrected chi connectivity index (χ2v) is 5.97. The van der Waals surface area contributed by atoms with Gasteiger partial charge in [-0.05, 0) is 30.5 Å². The third-order valence-corrected chi connectivity index (χ3v) is 4.32. The maximum atomic E-state index is 12.6. The fourth-order valence-corrected chi connectivity index (χ4v) is 2.97. The molecule has 5 nitrogen and oxygen atoms in total. The van der Waals surface area contributed by atoms with Gasteiger partial charge < -0.3 is 14.6 Å². The zero-order chi connectivity index (χ0) is 16.2. The van der Waals surface area contributed by atoms with Crippen LogP contribution >= 0.6 is 11.3 Å². The zero-order valence-corrected chi connectivity index (χ0v) is 13.6. The molecule has 0 radical (unpaired) electrons. The van der Waals surface area contributed by atoms with Gasteiger partial charge in [0.05, 0.1) is 24.9 Å². The summed E-state index contributed by atoms with van der Waals surface area (Å²) >= 11 is 1.60. The number of nitrogens with one attached hydrogen (secondary N) is 1. The van der Waals surface area contributed by atoms with Crippen LogP contribution in [0.1, 0.15) is 20.9 Å². The number of nitrogens with zero attached hydrogens (tertiary/aromatic N) is 1. The van der Waals surface area contributed by atoms with Crippen LogP contribution in [0.25, 0.3) is 11.3 Å². The van der Waals surface area contributed by atoms with E-state index in [4.69, 9.17) is 9.26 Å². The van der Waals surface area contributed by atoms with Crippen LogP contribution in [-0.4, -0.2) is 18.2 Å². The zero-order valence-electron chi connectivity index (χ0n) is 12.8. The van der Waals surface area contributed by atoms with Crippen LogP contribution in [-0.2, 0) is 6.54 Å². The number of para-hydroxylation sites is 1. The molecule has 0 saturated carbocycles. The quantitative estimate of drug-likeness (QED) is 0.776. The molecule has 0 spiro atoms. The summed E-state index contributed by atoms with van der Waals surface area (Å²) < 4.78 is 10.7. The van der Waals surface area contributed by atoms with Crippen LogP contribution in [0.5, 0.6) is 5.75 Å². The van der Waals surface area contributed by atoms with E-state index in [2.05, 4.69) is 10.5 Å². The van der Waals surface area contributed by atoms with E-state index in [-0.39, 0.29) is 5.91 Å². The van der Waals surface area contributed by atoms with Crippen LogP contribution in [0, 0.1) is 6.92 Å². The van der Waals surface area contributed by atoms with Crippen molar-refractivity contribution in [2.24, 2.45) is 0 Å². The molecule has 0 aliphatic heterocycles. The Bertz CT molecular complexity index is 809. The van der Waals surface area contributed by atoms with Crippen molar-refractivity contribution in [2.45, 2.75) is 13.5 Å². The Morgan fingerprint density at radius 2 is 2.13 bits per heavy atom. The number of amides is 1. The summed E-state index contributed by atoms with van der Waals surface area (Å²) in [6, 6.07) is 11.3. The number of thiophene rings is 1. The van der Waals surface area contributed by atoms with Gasteiger partial charge in [-0.3, -0.25) is 4.79 Å². The standard InChI is InChI=1S/C17H16N2O3S/c1-11-15(17(20)18-10-12-6-5-9-23-12)16(22-19-11)13-7-3-4-8-14(13)21-2/h3-9H,10H2,1-2H3,(H,18,20). The highest BCUT2D eigenvalue weighted by Crippen LogP contribution is 2.33.